The minimum absolute atomic E-state index is 0.347. The summed E-state index contributed by atoms with van der Waals surface area (Å²) in [5.74, 6) is 0. The van der Waals surface area contributed by atoms with Crippen LogP contribution in [0.25, 0.3) is 12.2 Å². The van der Waals surface area contributed by atoms with Gasteiger partial charge in [-0.2, -0.15) is 0 Å². The van der Waals surface area contributed by atoms with E-state index in [0.717, 1.165) is 5.56 Å². The summed E-state index contributed by atoms with van der Waals surface area (Å²) in [7, 11) is 0. The molecule has 0 bridgehead atoms. The largest absolute Gasteiger partial charge is 0.384 e. The van der Waals surface area contributed by atoms with Gasteiger partial charge in [0.1, 0.15) is 11.3 Å². The SMILES string of the molecule is O[C@H]1c2cc(Cl)ncc2C=Cc2ncc(Cl)cc21. The highest BCUT2D eigenvalue weighted by molar-refractivity contribution is 6.30. The second-order valence-electron chi connectivity index (χ2n) is 4.00. The Morgan fingerprint density at radius 3 is 2.67 bits per heavy atom. The van der Waals surface area contributed by atoms with Crippen LogP contribution in [0.15, 0.2) is 24.5 Å². The third-order valence-electron chi connectivity index (χ3n) is 2.86. The van der Waals surface area contributed by atoms with E-state index in [1.165, 1.54) is 0 Å². The second kappa shape index (κ2) is 4.35. The Hall–Kier alpha value is -1.42. The van der Waals surface area contributed by atoms with Crippen LogP contribution in [-0.4, -0.2) is 15.1 Å². The molecule has 0 unspecified atom stereocenters. The minimum atomic E-state index is -0.809. The molecular weight excluding hydrogens is 271 g/mol. The molecule has 5 heteroatoms. The molecule has 0 aliphatic heterocycles. The molecule has 0 radical (unpaired) electrons. The van der Waals surface area contributed by atoms with Crippen molar-refractivity contribution in [2.45, 2.75) is 6.10 Å². The van der Waals surface area contributed by atoms with Crippen molar-refractivity contribution in [3.05, 3.63) is 57.1 Å². The summed E-state index contributed by atoms with van der Waals surface area (Å²) < 4.78 is 0. The van der Waals surface area contributed by atoms with E-state index in [4.69, 9.17) is 23.2 Å². The quantitative estimate of drug-likeness (QED) is 0.752. The van der Waals surface area contributed by atoms with Gasteiger partial charge in [-0.3, -0.25) is 4.98 Å². The highest BCUT2D eigenvalue weighted by Gasteiger charge is 2.20. The fourth-order valence-electron chi connectivity index (χ4n) is 1.99. The van der Waals surface area contributed by atoms with E-state index in [-0.39, 0.29) is 0 Å². The van der Waals surface area contributed by atoms with Gasteiger partial charge in [-0.05, 0) is 29.3 Å². The molecule has 0 fully saturated rings. The standard InChI is InChI=1S/C13H8Cl2N2O/c14-8-3-10-11(16-6-8)2-1-7-5-17-12(15)4-9(7)13(10)18/h1-6,13,18H/t13-/m0/s1. The van der Waals surface area contributed by atoms with Gasteiger partial charge in [0.25, 0.3) is 0 Å². The van der Waals surface area contributed by atoms with E-state index in [9.17, 15) is 5.11 Å². The summed E-state index contributed by atoms with van der Waals surface area (Å²) >= 11 is 11.8. The number of aliphatic hydroxyl groups excluding tert-OH is 1. The number of aromatic nitrogens is 2. The average Bonchev–Trinajstić information content (AvgIpc) is 2.49. The van der Waals surface area contributed by atoms with Crippen molar-refractivity contribution in [3.8, 4) is 0 Å². The van der Waals surface area contributed by atoms with Crippen molar-refractivity contribution in [1.82, 2.24) is 9.97 Å². The number of fused-ring (bicyclic) bond motifs is 2. The van der Waals surface area contributed by atoms with Gasteiger partial charge in [0.05, 0.1) is 10.7 Å². The average molecular weight is 279 g/mol. The monoisotopic (exact) mass is 278 g/mol. The summed E-state index contributed by atoms with van der Waals surface area (Å²) in [6, 6.07) is 3.37. The van der Waals surface area contributed by atoms with Crippen LogP contribution in [0.4, 0.5) is 0 Å². The molecule has 1 aliphatic carbocycles. The fraction of sp³-hybridized carbons (Fsp3) is 0.0769. The Morgan fingerprint density at radius 2 is 1.83 bits per heavy atom. The van der Waals surface area contributed by atoms with E-state index in [0.29, 0.717) is 27.0 Å². The van der Waals surface area contributed by atoms with Crippen molar-refractivity contribution < 1.29 is 5.11 Å². The van der Waals surface area contributed by atoms with Gasteiger partial charge in [-0.1, -0.05) is 29.3 Å². The van der Waals surface area contributed by atoms with Crippen molar-refractivity contribution >= 4 is 35.4 Å². The van der Waals surface area contributed by atoms with Crippen LogP contribution in [0, 0.1) is 0 Å². The van der Waals surface area contributed by atoms with Crippen LogP contribution in [0.3, 0.4) is 0 Å². The maximum absolute atomic E-state index is 10.4. The fourth-order valence-corrected chi connectivity index (χ4v) is 2.32. The number of aliphatic hydroxyl groups is 1. The molecule has 0 saturated carbocycles. The zero-order valence-electron chi connectivity index (χ0n) is 9.14. The Balaban J connectivity index is 2.25. The molecule has 0 spiro atoms. The van der Waals surface area contributed by atoms with E-state index in [1.807, 2.05) is 12.2 Å². The van der Waals surface area contributed by atoms with E-state index in [1.54, 1.807) is 24.5 Å². The molecule has 90 valence electrons. The van der Waals surface area contributed by atoms with Crippen LogP contribution in [0.1, 0.15) is 28.5 Å². The van der Waals surface area contributed by atoms with Crippen molar-refractivity contribution in [1.29, 1.82) is 0 Å². The van der Waals surface area contributed by atoms with E-state index in [2.05, 4.69) is 9.97 Å². The normalized spacial score (nSPS) is 16.9. The third kappa shape index (κ3) is 1.90. The van der Waals surface area contributed by atoms with Crippen LogP contribution in [-0.2, 0) is 0 Å². The van der Waals surface area contributed by atoms with E-state index < -0.39 is 6.10 Å². The van der Waals surface area contributed by atoms with Gasteiger partial charge in [0, 0.05) is 18.0 Å². The number of nitrogens with zero attached hydrogens (tertiary/aromatic N) is 2. The first-order valence-corrected chi connectivity index (χ1v) is 6.08. The summed E-state index contributed by atoms with van der Waals surface area (Å²) in [4.78, 5) is 8.21. The van der Waals surface area contributed by atoms with Gasteiger partial charge in [0.15, 0.2) is 0 Å². The Morgan fingerprint density at radius 1 is 1.00 bits per heavy atom. The van der Waals surface area contributed by atoms with Gasteiger partial charge >= 0.3 is 0 Å². The maximum Gasteiger partial charge on any atom is 0.129 e. The number of hydrogen-bond acceptors (Lipinski definition) is 3. The zero-order chi connectivity index (χ0) is 12.7. The molecule has 2 heterocycles. The van der Waals surface area contributed by atoms with Crippen molar-refractivity contribution in [3.63, 3.8) is 0 Å². The Bertz CT molecular complexity index is 600. The molecule has 0 amide bonds. The minimum Gasteiger partial charge on any atom is -0.384 e. The molecule has 1 N–H and O–H groups in total. The molecule has 3 rings (SSSR count). The number of hydrogen-bond donors (Lipinski definition) is 1. The molecule has 1 atom stereocenters. The molecule has 2 aromatic heterocycles. The second-order valence-corrected chi connectivity index (χ2v) is 4.82. The zero-order valence-corrected chi connectivity index (χ0v) is 10.7. The Kier molecular flexibility index (Phi) is 2.82. The first-order valence-electron chi connectivity index (χ1n) is 5.32. The van der Waals surface area contributed by atoms with Gasteiger partial charge in [0.2, 0.25) is 0 Å². The third-order valence-corrected chi connectivity index (χ3v) is 3.27. The number of halogens is 2. The predicted molar refractivity (Wildman–Crippen MR) is 71.5 cm³/mol. The summed E-state index contributed by atoms with van der Waals surface area (Å²) in [5, 5.41) is 11.3. The molecule has 0 aromatic carbocycles. The first kappa shape index (κ1) is 11.7. The summed E-state index contributed by atoms with van der Waals surface area (Å²) in [5.41, 5.74) is 2.88. The molecule has 0 saturated heterocycles. The summed E-state index contributed by atoms with van der Waals surface area (Å²) in [6.07, 6.45) is 6.06. The molecule has 3 nitrogen and oxygen atoms in total. The predicted octanol–water partition coefficient (Wildman–Crippen LogP) is 3.35. The maximum atomic E-state index is 10.4. The van der Waals surface area contributed by atoms with E-state index >= 15 is 0 Å². The lowest BCUT2D eigenvalue weighted by Gasteiger charge is -2.14. The van der Waals surface area contributed by atoms with Crippen LogP contribution in [0.2, 0.25) is 10.2 Å². The first-order chi connectivity index (χ1) is 8.65. The van der Waals surface area contributed by atoms with Gasteiger partial charge < -0.3 is 5.11 Å². The van der Waals surface area contributed by atoms with Crippen molar-refractivity contribution in [2.75, 3.05) is 0 Å². The lowest BCUT2D eigenvalue weighted by molar-refractivity contribution is 0.219. The molecule has 2 aromatic rings. The highest BCUT2D eigenvalue weighted by atomic mass is 35.5. The van der Waals surface area contributed by atoms with Crippen LogP contribution in [0.5, 0.6) is 0 Å². The van der Waals surface area contributed by atoms with Gasteiger partial charge in [-0.25, -0.2) is 4.98 Å². The summed E-state index contributed by atoms with van der Waals surface area (Å²) in [6.45, 7) is 0. The highest BCUT2D eigenvalue weighted by Crippen LogP contribution is 2.33. The topological polar surface area (TPSA) is 46.0 Å². The number of pyridine rings is 2. The molecule has 1 aliphatic rings. The smallest absolute Gasteiger partial charge is 0.129 e. The lowest BCUT2D eigenvalue weighted by atomic mass is 10.0. The molecule has 18 heavy (non-hydrogen) atoms. The van der Waals surface area contributed by atoms with Crippen LogP contribution >= 0.6 is 23.2 Å². The number of rotatable bonds is 0. The van der Waals surface area contributed by atoms with Gasteiger partial charge in [-0.15, -0.1) is 0 Å². The molecular formula is C13H8Cl2N2O. The lowest BCUT2D eigenvalue weighted by Crippen LogP contribution is -2.04. The van der Waals surface area contributed by atoms with Crippen LogP contribution < -0.4 is 0 Å². The van der Waals surface area contributed by atoms with Crippen molar-refractivity contribution in [2.24, 2.45) is 0 Å². The Labute approximate surface area is 114 Å².